The van der Waals surface area contributed by atoms with Crippen LogP contribution in [0.5, 0.6) is 0 Å². The summed E-state index contributed by atoms with van der Waals surface area (Å²) in [5.41, 5.74) is -0.647. The van der Waals surface area contributed by atoms with Crippen molar-refractivity contribution in [2.75, 3.05) is 31.1 Å². The predicted molar refractivity (Wildman–Crippen MR) is 81.2 cm³/mol. The van der Waals surface area contributed by atoms with Gasteiger partial charge in [-0.1, -0.05) is 0 Å². The number of carboxylic acid groups (broad SMARTS) is 1. The van der Waals surface area contributed by atoms with E-state index < -0.39 is 23.1 Å². The Bertz CT molecular complexity index is 607. The van der Waals surface area contributed by atoms with Crippen molar-refractivity contribution in [3.63, 3.8) is 0 Å². The standard InChI is InChI=1S/C15H20FN3O4/c1-15(2,3)23-14(22)19-6-4-18(5-7-19)10-8-11(16)12(13(20)21)17-9-10/h8-9H,4-7H2,1-3H3,(H,20,21). The van der Waals surface area contributed by atoms with Crippen molar-refractivity contribution in [1.29, 1.82) is 0 Å². The molecule has 1 saturated heterocycles. The van der Waals surface area contributed by atoms with E-state index in [1.165, 1.54) is 6.20 Å². The molecule has 1 aliphatic heterocycles. The third kappa shape index (κ3) is 4.30. The highest BCUT2D eigenvalue weighted by molar-refractivity contribution is 5.85. The van der Waals surface area contributed by atoms with Crippen LogP contribution < -0.4 is 4.90 Å². The number of aromatic nitrogens is 1. The van der Waals surface area contributed by atoms with Gasteiger partial charge in [0, 0.05) is 32.2 Å². The van der Waals surface area contributed by atoms with Crippen molar-refractivity contribution in [2.45, 2.75) is 26.4 Å². The van der Waals surface area contributed by atoms with Gasteiger partial charge in [0.25, 0.3) is 0 Å². The molecule has 0 bridgehead atoms. The molecule has 1 aliphatic rings. The number of aromatic carboxylic acids is 1. The molecule has 2 heterocycles. The second-order valence-corrected chi connectivity index (χ2v) is 6.28. The van der Waals surface area contributed by atoms with Gasteiger partial charge in [-0.3, -0.25) is 0 Å². The number of ether oxygens (including phenoxy) is 1. The second kappa shape index (κ2) is 6.39. The molecule has 1 aromatic rings. The fourth-order valence-electron chi connectivity index (χ4n) is 2.23. The maximum Gasteiger partial charge on any atom is 0.410 e. The van der Waals surface area contributed by atoms with E-state index in [-0.39, 0.29) is 6.09 Å². The first-order chi connectivity index (χ1) is 10.7. The van der Waals surface area contributed by atoms with Crippen molar-refractivity contribution in [1.82, 2.24) is 9.88 Å². The molecular weight excluding hydrogens is 305 g/mol. The molecule has 8 heteroatoms. The van der Waals surface area contributed by atoms with Gasteiger partial charge in [-0.25, -0.2) is 19.0 Å². The first kappa shape index (κ1) is 17.0. The average molecular weight is 325 g/mol. The summed E-state index contributed by atoms with van der Waals surface area (Å²) in [7, 11) is 0. The zero-order valence-corrected chi connectivity index (χ0v) is 13.4. The number of halogens is 1. The molecule has 126 valence electrons. The van der Waals surface area contributed by atoms with E-state index in [1.807, 2.05) is 4.90 Å². The fraction of sp³-hybridized carbons (Fsp3) is 0.533. The summed E-state index contributed by atoms with van der Waals surface area (Å²) in [6.45, 7) is 7.28. The Morgan fingerprint density at radius 2 is 1.87 bits per heavy atom. The van der Waals surface area contributed by atoms with E-state index in [4.69, 9.17) is 9.84 Å². The number of amides is 1. The lowest BCUT2D eigenvalue weighted by Crippen LogP contribution is -2.50. The molecular formula is C15H20FN3O4. The quantitative estimate of drug-likeness (QED) is 0.895. The van der Waals surface area contributed by atoms with Crippen LogP contribution in [0, 0.1) is 5.82 Å². The van der Waals surface area contributed by atoms with Gasteiger partial charge < -0.3 is 19.6 Å². The Kier molecular flexibility index (Phi) is 4.72. The molecule has 0 unspecified atom stereocenters. The molecule has 1 amide bonds. The number of nitrogens with zero attached hydrogens (tertiary/aromatic N) is 3. The van der Waals surface area contributed by atoms with Crippen molar-refractivity contribution < 1.29 is 23.8 Å². The number of rotatable bonds is 2. The third-order valence-corrected chi connectivity index (χ3v) is 3.33. The van der Waals surface area contributed by atoms with Crippen LogP contribution >= 0.6 is 0 Å². The van der Waals surface area contributed by atoms with E-state index in [1.54, 1.807) is 25.7 Å². The number of carboxylic acids is 1. The maximum atomic E-state index is 13.7. The number of piperazine rings is 1. The zero-order chi connectivity index (χ0) is 17.2. The Morgan fingerprint density at radius 1 is 1.26 bits per heavy atom. The lowest BCUT2D eigenvalue weighted by molar-refractivity contribution is 0.0240. The first-order valence-electron chi connectivity index (χ1n) is 7.29. The molecule has 1 aromatic heterocycles. The molecule has 0 saturated carbocycles. The topological polar surface area (TPSA) is 83.0 Å². The maximum absolute atomic E-state index is 13.7. The van der Waals surface area contributed by atoms with Gasteiger partial charge in [-0.15, -0.1) is 0 Å². The van der Waals surface area contributed by atoms with Crippen LogP contribution in [-0.4, -0.2) is 58.8 Å². The molecule has 0 radical (unpaired) electrons. The van der Waals surface area contributed by atoms with E-state index in [0.29, 0.717) is 31.9 Å². The van der Waals surface area contributed by atoms with Crippen molar-refractivity contribution in [3.05, 3.63) is 23.8 Å². The monoisotopic (exact) mass is 325 g/mol. The predicted octanol–water partition coefficient (Wildman–Crippen LogP) is 1.98. The van der Waals surface area contributed by atoms with Crippen LogP contribution in [0.3, 0.4) is 0 Å². The molecule has 0 aromatic carbocycles. The molecule has 23 heavy (non-hydrogen) atoms. The highest BCUT2D eigenvalue weighted by Gasteiger charge is 2.26. The molecule has 1 fully saturated rings. The number of hydrogen-bond acceptors (Lipinski definition) is 5. The summed E-state index contributed by atoms with van der Waals surface area (Å²) in [6, 6.07) is 1.15. The normalized spacial score (nSPS) is 15.5. The van der Waals surface area contributed by atoms with Gasteiger partial charge in [-0.2, -0.15) is 0 Å². The van der Waals surface area contributed by atoms with Crippen molar-refractivity contribution in [3.8, 4) is 0 Å². The van der Waals surface area contributed by atoms with Gasteiger partial charge in [0.2, 0.25) is 0 Å². The lowest BCUT2D eigenvalue weighted by atomic mass is 10.2. The van der Waals surface area contributed by atoms with Crippen LogP contribution in [0.4, 0.5) is 14.9 Å². The van der Waals surface area contributed by atoms with E-state index in [9.17, 15) is 14.0 Å². The molecule has 0 spiro atoms. The SMILES string of the molecule is CC(C)(C)OC(=O)N1CCN(c2cnc(C(=O)O)c(F)c2)CC1. The van der Waals surface area contributed by atoms with E-state index in [0.717, 1.165) is 6.07 Å². The average Bonchev–Trinajstić information content (AvgIpc) is 2.45. The number of carbonyl (C=O) groups excluding carboxylic acids is 1. The van der Waals surface area contributed by atoms with Crippen LogP contribution in [0.25, 0.3) is 0 Å². The van der Waals surface area contributed by atoms with Crippen molar-refractivity contribution in [2.24, 2.45) is 0 Å². The van der Waals surface area contributed by atoms with Gasteiger partial charge in [0.15, 0.2) is 11.5 Å². The molecule has 0 aliphatic carbocycles. The number of pyridine rings is 1. The van der Waals surface area contributed by atoms with Gasteiger partial charge >= 0.3 is 12.1 Å². The summed E-state index contributed by atoms with van der Waals surface area (Å²) in [5.74, 6) is -2.27. The minimum Gasteiger partial charge on any atom is -0.476 e. The van der Waals surface area contributed by atoms with Crippen LogP contribution in [0.2, 0.25) is 0 Å². The fourth-order valence-corrected chi connectivity index (χ4v) is 2.23. The van der Waals surface area contributed by atoms with E-state index >= 15 is 0 Å². The lowest BCUT2D eigenvalue weighted by Gasteiger charge is -2.36. The molecule has 2 rings (SSSR count). The van der Waals surface area contributed by atoms with Gasteiger partial charge in [0.05, 0.1) is 11.9 Å². The largest absolute Gasteiger partial charge is 0.476 e. The smallest absolute Gasteiger partial charge is 0.410 e. The highest BCUT2D eigenvalue weighted by Crippen LogP contribution is 2.19. The molecule has 7 nitrogen and oxygen atoms in total. The number of anilines is 1. The third-order valence-electron chi connectivity index (χ3n) is 3.33. The Morgan fingerprint density at radius 3 is 2.35 bits per heavy atom. The summed E-state index contributed by atoms with van der Waals surface area (Å²) in [5, 5.41) is 8.78. The number of hydrogen-bond donors (Lipinski definition) is 1. The van der Waals surface area contributed by atoms with Gasteiger partial charge in [0.1, 0.15) is 5.60 Å². The summed E-state index contributed by atoms with van der Waals surface area (Å²) >= 11 is 0. The highest BCUT2D eigenvalue weighted by atomic mass is 19.1. The minimum atomic E-state index is -1.40. The Hall–Kier alpha value is -2.38. The van der Waals surface area contributed by atoms with Crippen molar-refractivity contribution >= 4 is 17.7 Å². The van der Waals surface area contributed by atoms with Crippen LogP contribution in [0.1, 0.15) is 31.3 Å². The number of carbonyl (C=O) groups is 2. The second-order valence-electron chi connectivity index (χ2n) is 6.28. The minimum absolute atomic E-state index is 0.373. The Balaban J connectivity index is 1.98. The molecule has 1 N–H and O–H groups in total. The summed E-state index contributed by atoms with van der Waals surface area (Å²) in [6.07, 6.45) is 0.957. The summed E-state index contributed by atoms with van der Waals surface area (Å²) in [4.78, 5) is 29.8. The van der Waals surface area contributed by atoms with Crippen LogP contribution in [-0.2, 0) is 4.74 Å². The van der Waals surface area contributed by atoms with Gasteiger partial charge in [-0.05, 0) is 20.8 Å². The Labute approximate surface area is 133 Å². The first-order valence-corrected chi connectivity index (χ1v) is 7.29. The zero-order valence-electron chi connectivity index (χ0n) is 13.4. The molecule has 0 atom stereocenters. The summed E-state index contributed by atoms with van der Waals surface area (Å²) < 4.78 is 19.0. The van der Waals surface area contributed by atoms with E-state index in [2.05, 4.69) is 4.98 Å². The van der Waals surface area contributed by atoms with Crippen LogP contribution in [0.15, 0.2) is 12.3 Å².